The van der Waals surface area contributed by atoms with Crippen LogP contribution in [0.2, 0.25) is 0 Å². The van der Waals surface area contributed by atoms with E-state index in [-0.39, 0.29) is 23.8 Å². The van der Waals surface area contributed by atoms with Crippen molar-refractivity contribution in [2.45, 2.75) is 111 Å². The number of hydrogen-bond acceptors (Lipinski definition) is 10. The van der Waals surface area contributed by atoms with Crippen molar-refractivity contribution in [3.63, 3.8) is 0 Å². The summed E-state index contributed by atoms with van der Waals surface area (Å²) in [5, 5.41) is 9.78. The minimum atomic E-state index is -1.40. The van der Waals surface area contributed by atoms with E-state index < -0.39 is 59.4 Å². The Kier molecular flexibility index (Phi) is 12.4. The second kappa shape index (κ2) is 14.3. The molecule has 3 N–H and O–H groups in total. The van der Waals surface area contributed by atoms with Gasteiger partial charge in [0.15, 0.2) is 11.5 Å². The van der Waals surface area contributed by atoms with Crippen molar-refractivity contribution in [2.24, 2.45) is 17.6 Å². The van der Waals surface area contributed by atoms with Gasteiger partial charge in [-0.25, -0.2) is 9.59 Å². The molecule has 0 fully saturated rings. The van der Waals surface area contributed by atoms with Gasteiger partial charge in [0.2, 0.25) is 0 Å². The van der Waals surface area contributed by atoms with E-state index in [1.165, 1.54) is 18.2 Å². The molecular formula is C29H45NO10. The normalized spacial score (nSPS) is 15.6. The third kappa shape index (κ3) is 11.8. The number of carbonyl (C=O) groups is 4. The molecule has 0 bridgehead atoms. The molecule has 4 unspecified atom stereocenters. The number of aliphatic carboxylic acids is 1. The van der Waals surface area contributed by atoms with Gasteiger partial charge in [0.1, 0.15) is 23.3 Å². The van der Waals surface area contributed by atoms with Crippen molar-refractivity contribution in [2.75, 3.05) is 0 Å². The number of carboxylic acids is 1. The molecule has 0 aliphatic carbocycles. The van der Waals surface area contributed by atoms with E-state index in [4.69, 9.17) is 29.4 Å². The average Bonchev–Trinajstić information content (AvgIpc) is 2.77. The van der Waals surface area contributed by atoms with Crippen LogP contribution in [0.4, 0.5) is 9.59 Å². The Morgan fingerprint density at radius 2 is 1.38 bits per heavy atom. The van der Waals surface area contributed by atoms with Crippen LogP contribution in [0, 0.1) is 11.8 Å². The van der Waals surface area contributed by atoms with Gasteiger partial charge in [0.05, 0.1) is 0 Å². The van der Waals surface area contributed by atoms with E-state index in [1.54, 1.807) is 55.4 Å². The number of carboxylic acid groups (broad SMARTS) is 1. The molecule has 40 heavy (non-hydrogen) atoms. The molecule has 0 aliphatic heterocycles. The lowest BCUT2D eigenvalue weighted by atomic mass is 9.79. The third-order valence-electron chi connectivity index (χ3n) is 6.03. The van der Waals surface area contributed by atoms with Gasteiger partial charge in [-0.1, -0.05) is 33.3 Å². The summed E-state index contributed by atoms with van der Waals surface area (Å²) in [5.74, 6) is -3.37. The SMILES string of the molecule is CCC(C)CC(=O)OC(C)C(C)C(c1ccc(OC(=O)OC(C)(C)C)c(OC(=O)OC(C)(C)C)c1)[C@H](N)C(=O)O. The van der Waals surface area contributed by atoms with Crippen LogP contribution >= 0.6 is 0 Å². The summed E-state index contributed by atoms with van der Waals surface area (Å²) in [6.07, 6.45) is -1.77. The highest BCUT2D eigenvalue weighted by atomic mass is 16.8. The predicted octanol–water partition coefficient (Wildman–Crippen LogP) is 5.81. The van der Waals surface area contributed by atoms with Gasteiger partial charge < -0.3 is 34.5 Å². The first-order chi connectivity index (χ1) is 18.2. The van der Waals surface area contributed by atoms with Crippen LogP contribution in [0.25, 0.3) is 0 Å². The first-order valence-electron chi connectivity index (χ1n) is 13.4. The number of carbonyl (C=O) groups excluding carboxylic acids is 3. The molecule has 0 radical (unpaired) electrons. The summed E-state index contributed by atoms with van der Waals surface area (Å²) in [7, 11) is 0. The lowest BCUT2D eigenvalue weighted by Crippen LogP contribution is -2.42. The molecule has 1 aromatic carbocycles. The Labute approximate surface area is 236 Å². The number of ether oxygens (including phenoxy) is 5. The molecule has 226 valence electrons. The molecule has 0 saturated heterocycles. The Hall–Kier alpha value is -3.34. The van der Waals surface area contributed by atoms with Gasteiger partial charge in [-0.05, 0) is 72.1 Å². The highest BCUT2D eigenvalue weighted by Crippen LogP contribution is 2.37. The molecule has 0 aliphatic rings. The smallest absolute Gasteiger partial charge is 0.480 e. The molecule has 0 aromatic heterocycles. The zero-order valence-electron chi connectivity index (χ0n) is 25.2. The Morgan fingerprint density at radius 1 is 0.875 bits per heavy atom. The van der Waals surface area contributed by atoms with Crippen molar-refractivity contribution >= 4 is 24.2 Å². The highest BCUT2D eigenvalue weighted by molar-refractivity contribution is 5.75. The number of esters is 1. The van der Waals surface area contributed by atoms with Crippen LogP contribution in [0.3, 0.4) is 0 Å². The zero-order valence-corrected chi connectivity index (χ0v) is 25.2. The zero-order chi connectivity index (χ0) is 31.0. The van der Waals surface area contributed by atoms with Crippen LogP contribution in [-0.2, 0) is 23.8 Å². The highest BCUT2D eigenvalue weighted by Gasteiger charge is 2.36. The Bertz CT molecular complexity index is 1040. The van der Waals surface area contributed by atoms with Crippen LogP contribution in [-0.4, -0.2) is 52.7 Å². The van der Waals surface area contributed by atoms with E-state index in [2.05, 4.69) is 0 Å². The number of nitrogens with two attached hydrogens (primary N) is 1. The van der Waals surface area contributed by atoms with Crippen LogP contribution in [0.1, 0.15) is 93.6 Å². The fraction of sp³-hybridized carbons (Fsp3) is 0.655. The monoisotopic (exact) mass is 567 g/mol. The molecule has 1 aromatic rings. The maximum Gasteiger partial charge on any atom is 0.514 e. The quantitative estimate of drug-likeness (QED) is 0.188. The molecule has 0 amide bonds. The van der Waals surface area contributed by atoms with Gasteiger partial charge in [0, 0.05) is 18.3 Å². The van der Waals surface area contributed by atoms with Crippen LogP contribution < -0.4 is 15.2 Å². The lowest BCUT2D eigenvalue weighted by Gasteiger charge is -2.32. The minimum absolute atomic E-state index is 0.136. The first-order valence-corrected chi connectivity index (χ1v) is 13.4. The molecule has 5 atom stereocenters. The van der Waals surface area contributed by atoms with E-state index in [1.807, 2.05) is 13.8 Å². The van der Waals surface area contributed by atoms with E-state index in [0.29, 0.717) is 5.56 Å². The molecule has 11 heteroatoms. The maximum absolute atomic E-state index is 12.5. The summed E-state index contributed by atoms with van der Waals surface area (Å²) in [6.45, 7) is 17.2. The molecule has 1 rings (SSSR count). The van der Waals surface area contributed by atoms with Crippen LogP contribution in [0.15, 0.2) is 18.2 Å². The predicted molar refractivity (Wildman–Crippen MR) is 147 cm³/mol. The summed E-state index contributed by atoms with van der Waals surface area (Å²) >= 11 is 0. The van der Waals surface area contributed by atoms with E-state index >= 15 is 0 Å². The molecular weight excluding hydrogens is 522 g/mol. The average molecular weight is 568 g/mol. The second-order valence-corrected chi connectivity index (χ2v) is 12.0. The summed E-state index contributed by atoms with van der Waals surface area (Å²) < 4.78 is 26.7. The van der Waals surface area contributed by atoms with Gasteiger partial charge in [-0.2, -0.15) is 0 Å². The van der Waals surface area contributed by atoms with E-state index in [9.17, 15) is 24.3 Å². The first kappa shape index (κ1) is 34.7. The van der Waals surface area contributed by atoms with Gasteiger partial charge in [-0.15, -0.1) is 0 Å². The van der Waals surface area contributed by atoms with Gasteiger partial charge >= 0.3 is 24.2 Å². The molecule has 0 spiro atoms. The Balaban J connectivity index is 3.47. The standard InChI is InChI=1S/C29H45NO10/c1-11-16(2)14-22(31)36-18(4)17(3)23(24(30)25(32)33)19-12-13-20(37-26(34)39-28(5,6)7)21(15-19)38-27(35)40-29(8,9)10/h12-13,15-18,23-24H,11,14,30H2,1-10H3,(H,32,33)/t16?,17?,18?,23?,24-/m0/s1. The number of rotatable bonds is 11. The van der Waals surface area contributed by atoms with Gasteiger partial charge in [-0.3, -0.25) is 9.59 Å². The fourth-order valence-corrected chi connectivity index (χ4v) is 3.69. The molecule has 11 nitrogen and oxygen atoms in total. The van der Waals surface area contributed by atoms with Crippen molar-refractivity contribution in [3.8, 4) is 11.5 Å². The van der Waals surface area contributed by atoms with Crippen molar-refractivity contribution < 1.29 is 48.0 Å². The topological polar surface area (TPSA) is 161 Å². The van der Waals surface area contributed by atoms with Crippen molar-refractivity contribution in [1.29, 1.82) is 0 Å². The fourth-order valence-electron chi connectivity index (χ4n) is 3.69. The molecule has 0 heterocycles. The van der Waals surface area contributed by atoms with Gasteiger partial charge in [0.25, 0.3) is 0 Å². The lowest BCUT2D eigenvalue weighted by molar-refractivity contribution is -0.152. The van der Waals surface area contributed by atoms with Crippen molar-refractivity contribution in [3.05, 3.63) is 23.8 Å². The molecule has 0 saturated carbocycles. The van der Waals surface area contributed by atoms with Crippen LogP contribution in [0.5, 0.6) is 11.5 Å². The summed E-state index contributed by atoms with van der Waals surface area (Å²) in [5.41, 5.74) is 4.74. The second-order valence-electron chi connectivity index (χ2n) is 12.0. The number of benzene rings is 1. The summed E-state index contributed by atoms with van der Waals surface area (Å²) in [4.78, 5) is 49.3. The van der Waals surface area contributed by atoms with Crippen molar-refractivity contribution in [1.82, 2.24) is 0 Å². The third-order valence-corrected chi connectivity index (χ3v) is 6.03. The largest absolute Gasteiger partial charge is 0.514 e. The maximum atomic E-state index is 12.5. The summed E-state index contributed by atoms with van der Waals surface area (Å²) in [6, 6.07) is 2.78. The number of hydrogen-bond donors (Lipinski definition) is 2. The van der Waals surface area contributed by atoms with E-state index in [0.717, 1.165) is 6.42 Å². The Morgan fingerprint density at radius 3 is 1.82 bits per heavy atom. The minimum Gasteiger partial charge on any atom is -0.480 e.